The summed E-state index contributed by atoms with van der Waals surface area (Å²) >= 11 is 0. The highest BCUT2D eigenvalue weighted by Gasteiger charge is 2.16. The van der Waals surface area contributed by atoms with Crippen molar-refractivity contribution in [2.45, 2.75) is 26.4 Å². The Balaban J connectivity index is 2.88. The predicted octanol–water partition coefficient (Wildman–Crippen LogP) is 1.74. The highest BCUT2D eigenvalue weighted by Crippen LogP contribution is 2.27. The van der Waals surface area contributed by atoms with Gasteiger partial charge in [-0.25, -0.2) is 0 Å². The predicted molar refractivity (Wildman–Crippen MR) is 53.1 cm³/mol. The third kappa shape index (κ3) is 2.18. The monoisotopic (exact) mass is 180 g/mol. The lowest BCUT2D eigenvalue weighted by Gasteiger charge is -2.18. The number of rotatable bonds is 3. The number of aliphatic hydroxyl groups excluding tert-OH is 1. The van der Waals surface area contributed by atoms with Gasteiger partial charge in [-0.05, 0) is 12.0 Å². The number of pyridine rings is 1. The molecule has 3 nitrogen and oxygen atoms in total. The first kappa shape index (κ1) is 9.99. The van der Waals surface area contributed by atoms with Crippen molar-refractivity contribution >= 4 is 5.69 Å². The van der Waals surface area contributed by atoms with Crippen LogP contribution in [0, 0.1) is 5.92 Å². The smallest absolute Gasteiger partial charge is 0.0850 e. The van der Waals surface area contributed by atoms with Crippen molar-refractivity contribution < 1.29 is 5.11 Å². The lowest BCUT2D eigenvalue weighted by atomic mass is 9.95. The van der Waals surface area contributed by atoms with Gasteiger partial charge in [0.2, 0.25) is 0 Å². The van der Waals surface area contributed by atoms with E-state index >= 15 is 0 Å². The second-order valence-electron chi connectivity index (χ2n) is 3.33. The largest absolute Gasteiger partial charge is 0.398 e. The minimum Gasteiger partial charge on any atom is -0.398 e. The molecule has 13 heavy (non-hydrogen) atoms. The van der Waals surface area contributed by atoms with Crippen LogP contribution in [-0.4, -0.2) is 10.1 Å². The van der Waals surface area contributed by atoms with Crippen LogP contribution in [0.15, 0.2) is 18.5 Å². The molecule has 3 N–H and O–H groups in total. The van der Waals surface area contributed by atoms with Gasteiger partial charge in [0.25, 0.3) is 0 Å². The van der Waals surface area contributed by atoms with Crippen LogP contribution in [0.5, 0.6) is 0 Å². The zero-order valence-electron chi connectivity index (χ0n) is 8.07. The van der Waals surface area contributed by atoms with E-state index in [1.165, 1.54) is 0 Å². The molecule has 1 aromatic heterocycles. The third-order valence-electron chi connectivity index (χ3n) is 2.39. The van der Waals surface area contributed by atoms with Crippen molar-refractivity contribution in [3.63, 3.8) is 0 Å². The van der Waals surface area contributed by atoms with Gasteiger partial charge in [-0.15, -0.1) is 0 Å². The molecule has 1 aromatic rings. The molecule has 0 radical (unpaired) electrons. The van der Waals surface area contributed by atoms with Crippen molar-refractivity contribution in [1.82, 2.24) is 4.98 Å². The molecular weight excluding hydrogens is 164 g/mol. The maximum atomic E-state index is 9.85. The standard InChI is InChI=1S/C10H16N2O/c1-3-7(2)10(13)8-6-12-5-4-9(8)11/h4-7,10,13H,3H2,1-2H3,(H2,11,12). The Morgan fingerprint density at radius 3 is 2.85 bits per heavy atom. The number of nitrogens with zero attached hydrogens (tertiary/aromatic N) is 1. The SMILES string of the molecule is CCC(C)C(O)c1cnccc1N. The lowest BCUT2D eigenvalue weighted by Crippen LogP contribution is -2.10. The van der Waals surface area contributed by atoms with Gasteiger partial charge >= 0.3 is 0 Å². The highest BCUT2D eigenvalue weighted by atomic mass is 16.3. The second kappa shape index (κ2) is 4.23. The van der Waals surface area contributed by atoms with Gasteiger partial charge < -0.3 is 10.8 Å². The van der Waals surface area contributed by atoms with E-state index in [4.69, 9.17) is 5.73 Å². The summed E-state index contributed by atoms with van der Waals surface area (Å²) in [6, 6.07) is 1.71. The van der Waals surface area contributed by atoms with Crippen LogP contribution < -0.4 is 5.73 Å². The van der Waals surface area contributed by atoms with Crippen LogP contribution in [-0.2, 0) is 0 Å². The number of aromatic nitrogens is 1. The molecular formula is C10H16N2O. The number of hydrogen-bond acceptors (Lipinski definition) is 3. The molecule has 0 aliphatic rings. The lowest BCUT2D eigenvalue weighted by molar-refractivity contribution is 0.116. The van der Waals surface area contributed by atoms with Crippen LogP contribution in [0.4, 0.5) is 5.69 Å². The van der Waals surface area contributed by atoms with Gasteiger partial charge in [0.1, 0.15) is 0 Å². The summed E-state index contributed by atoms with van der Waals surface area (Å²) in [4.78, 5) is 3.94. The van der Waals surface area contributed by atoms with E-state index in [-0.39, 0.29) is 5.92 Å². The quantitative estimate of drug-likeness (QED) is 0.745. The fourth-order valence-corrected chi connectivity index (χ4v) is 1.19. The molecule has 0 saturated heterocycles. The zero-order valence-corrected chi connectivity index (χ0v) is 8.07. The zero-order chi connectivity index (χ0) is 9.84. The molecule has 0 amide bonds. The Kier molecular flexibility index (Phi) is 3.25. The van der Waals surface area contributed by atoms with Gasteiger partial charge in [0, 0.05) is 23.6 Å². The summed E-state index contributed by atoms with van der Waals surface area (Å²) in [5, 5.41) is 9.85. The fraction of sp³-hybridized carbons (Fsp3) is 0.500. The van der Waals surface area contributed by atoms with Crippen LogP contribution >= 0.6 is 0 Å². The average Bonchev–Trinajstić information content (AvgIpc) is 2.16. The Hall–Kier alpha value is -1.09. The highest BCUT2D eigenvalue weighted by molar-refractivity contribution is 5.45. The van der Waals surface area contributed by atoms with E-state index in [1.54, 1.807) is 18.5 Å². The maximum absolute atomic E-state index is 9.85. The van der Waals surface area contributed by atoms with E-state index in [0.717, 1.165) is 12.0 Å². The molecule has 0 fully saturated rings. The summed E-state index contributed by atoms with van der Waals surface area (Å²) in [5.74, 6) is 0.214. The van der Waals surface area contributed by atoms with Crippen molar-refractivity contribution in [3.8, 4) is 0 Å². The van der Waals surface area contributed by atoms with Gasteiger partial charge in [-0.3, -0.25) is 4.98 Å². The normalized spacial score (nSPS) is 15.3. The van der Waals surface area contributed by atoms with Crippen molar-refractivity contribution in [2.24, 2.45) is 5.92 Å². The Morgan fingerprint density at radius 1 is 1.62 bits per heavy atom. The van der Waals surface area contributed by atoms with Crippen LogP contribution in [0.3, 0.4) is 0 Å². The van der Waals surface area contributed by atoms with Gasteiger partial charge in [0.05, 0.1) is 6.10 Å². The summed E-state index contributed by atoms with van der Waals surface area (Å²) in [6.07, 6.45) is 3.68. The summed E-state index contributed by atoms with van der Waals surface area (Å²) in [7, 11) is 0. The summed E-state index contributed by atoms with van der Waals surface area (Å²) < 4.78 is 0. The van der Waals surface area contributed by atoms with Crippen LogP contribution in [0.2, 0.25) is 0 Å². The molecule has 1 rings (SSSR count). The van der Waals surface area contributed by atoms with Crippen molar-refractivity contribution in [1.29, 1.82) is 0 Å². The van der Waals surface area contributed by atoms with E-state index in [0.29, 0.717) is 5.69 Å². The van der Waals surface area contributed by atoms with Gasteiger partial charge in [-0.2, -0.15) is 0 Å². The number of aliphatic hydroxyl groups is 1. The molecule has 2 atom stereocenters. The molecule has 0 saturated carbocycles. The van der Waals surface area contributed by atoms with Crippen molar-refractivity contribution in [2.75, 3.05) is 5.73 Å². The first-order valence-electron chi connectivity index (χ1n) is 4.54. The summed E-state index contributed by atoms with van der Waals surface area (Å²) in [5.41, 5.74) is 7.06. The Morgan fingerprint density at radius 2 is 2.31 bits per heavy atom. The first-order valence-corrected chi connectivity index (χ1v) is 4.54. The minimum absolute atomic E-state index is 0.214. The molecule has 72 valence electrons. The van der Waals surface area contributed by atoms with Crippen LogP contribution in [0.25, 0.3) is 0 Å². The number of anilines is 1. The van der Waals surface area contributed by atoms with Crippen molar-refractivity contribution in [3.05, 3.63) is 24.0 Å². The van der Waals surface area contributed by atoms with Gasteiger partial charge in [-0.1, -0.05) is 20.3 Å². The molecule has 0 bridgehead atoms. The molecule has 1 heterocycles. The molecule has 0 aliphatic carbocycles. The number of nitrogens with two attached hydrogens (primary N) is 1. The topological polar surface area (TPSA) is 59.1 Å². The molecule has 0 aliphatic heterocycles. The summed E-state index contributed by atoms with van der Waals surface area (Å²) in [6.45, 7) is 4.04. The minimum atomic E-state index is -0.501. The van der Waals surface area contributed by atoms with Gasteiger partial charge in [0.15, 0.2) is 0 Å². The average molecular weight is 180 g/mol. The Bertz CT molecular complexity index is 275. The molecule has 0 spiro atoms. The second-order valence-corrected chi connectivity index (χ2v) is 3.33. The van der Waals surface area contributed by atoms with E-state index in [1.807, 2.05) is 13.8 Å². The Labute approximate surface area is 78.6 Å². The van der Waals surface area contributed by atoms with Crippen LogP contribution in [0.1, 0.15) is 31.9 Å². The number of hydrogen-bond donors (Lipinski definition) is 2. The third-order valence-corrected chi connectivity index (χ3v) is 2.39. The van der Waals surface area contributed by atoms with E-state index < -0.39 is 6.10 Å². The first-order chi connectivity index (χ1) is 6.16. The molecule has 3 heteroatoms. The van der Waals surface area contributed by atoms with E-state index in [9.17, 15) is 5.11 Å². The fourth-order valence-electron chi connectivity index (χ4n) is 1.19. The number of nitrogen functional groups attached to an aromatic ring is 1. The van der Waals surface area contributed by atoms with E-state index in [2.05, 4.69) is 4.98 Å². The molecule has 2 unspecified atom stereocenters. The molecule has 0 aromatic carbocycles. The maximum Gasteiger partial charge on any atom is 0.0850 e.